The van der Waals surface area contributed by atoms with Gasteiger partial charge >= 0.3 is 0 Å². The monoisotopic (exact) mass is 396 g/mol. The molecule has 3 aromatic heterocycles. The molecule has 0 bridgehead atoms. The molecule has 1 aliphatic heterocycles. The maximum atomic E-state index is 6.91. The number of aromatic nitrogens is 5. The second-order valence-electron chi connectivity index (χ2n) is 7.68. The minimum absolute atomic E-state index is 0.659. The van der Waals surface area contributed by atoms with E-state index >= 15 is 0 Å². The van der Waals surface area contributed by atoms with E-state index in [9.17, 15) is 0 Å². The number of H-pyrrole nitrogens is 1. The molecule has 8 heteroatoms. The first-order valence-electron chi connectivity index (χ1n) is 9.78. The van der Waals surface area contributed by atoms with Crippen LogP contribution in [-0.2, 0) is 5.66 Å². The van der Waals surface area contributed by atoms with E-state index < -0.39 is 5.66 Å². The summed E-state index contributed by atoms with van der Waals surface area (Å²) in [5.41, 5.74) is 13.3. The molecule has 6 rings (SSSR count). The van der Waals surface area contributed by atoms with Gasteiger partial charge in [-0.25, -0.2) is 14.2 Å². The Balaban J connectivity index is 1.49. The number of nitrogens with one attached hydrogen (secondary N) is 2. The average Bonchev–Trinajstić information content (AvgIpc) is 3.48. The molecular formula is C22H20N8. The molecule has 0 amide bonds. The highest BCUT2D eigenvalue weighted by atomic mass is 15.5. The molecule has 0 spiro atoms. The third kappa shape index (κ3) is 2.22. The lowest BCUT2D eigenvalue weighted by Gasteiger charge is -2.27. The first-order chi connectivity index (χ1) is 14.5. The molecule has 1 unspecified atom stereocenters. The molecule has 1 atom stereocenters. The normalized spacial score (nSPS) is 18.2. The van der Waals surface area contributed by atoms with Crippen LogP contribution in [0.3, 0.4) is 0 Å². The number of imidazole rings is 2. The van der Waals surface area contributed by atoms with Gasteiger partial charge in [0.15, 0.2) is 11.5 Å². The Morgan fingerprint density at radius 1 is 1.07 bits per heavy atom. The van der Waals surface area contributed by atoms with Gasteiger partial charge in [-0.1, -0.05) is 36.4 Å². The van der Waals surface area contributed by atoms with Crippen molar-refractivity contribution in [2.24, 2.45) is 10.8 Å². The smallest absolute Gasteiger partial charge is 0.189 e. The van der Waals surface area contributed by atoms with Crippen LogP contribution < -0.4 is 11.1 Å². The SMILES string of the molecule is CC1=Nn2cc(-c3ccccc3)nc2C1(N)Nc1c(C)ccc2c1[nH]c1ccnn12. The summed E-state index contributed by atoms with van der Waals surface area (Å²) in [7, 11) is 0. The van der Waals surface area contributed by atoms with E-state index in [1.807, 2.05) is 54.0 Å². The zero-order chi connectivity index (χ0) is 20.5. The molecule has 1 aliphatic rings. The molecule has 0 aliphatic carbocycles. The van der Waals surface area contributed by atoms with E-state index in [1.54, 1.807) is 10.9 Å². The molecule has 0 radical (unpaired) electrons. The number of fused-ring (bicyclic) bond motifs is 4. The third-order valence-electron chi connectivity index (χ3n) is 5.78. The Morgan fingerprint density at radius 2 is 1.90 bits per heavy atom. The lowest BCUT2D eigenvalue weighted by atomic mass is 10.0. The highest BCUT2D eigenvalue weighted by Gasteiger charge is 2.41. The quantitative estimate of drug-likeness (QED) is 0.407. The van der Waals surface area contributed by atoms with Crippen LogP contribution in [0.25, 0.3) is 27.9 Å². The van der Waals surface area contributed by atoms with Crippen LogP contribution in [0, 0.1) is 6.92 Å². The second kappa shape index (κ2) is 5.80. The summed E-state index contributed by atoms with van der Waals surface area (Å²) >= 11 is 0. The highest BCUT2D eigenvalue weighted by molar-refractivity contribution is 5.99. The van der Waals surface area contributed by atoms with E-state index in [0.29, 0.717) is 5.82 Å². The van der Waals surface area contributed by atoms with Gasteiger partial charge in [-0.05, 0) is 25.5 Å². The van der Waals surface area contributed by atoms with Crippen LogP contribution in [0.15, 0.2) is 66.0 Å². The van der Waals surface area contributed by atoms with Gasteiger partial charge in [0.25, 0.3) is 0 Å². The van der Waals surface area contributed by atoms with Gasteiger partial charge in [0.2, 0.25) is 0 Å². The van der Waals surface area contributed by atoms with E-state index in [-0.39, 0.29) is 0 Å². The molecule has 0 saturated heterocycles. The van der Waals surface area contributed by atoms with Crippen LogP contribution in [-0.4, -0.2) is 30.0 Å². The van der Waals surface area contributed by atoms with Crippen LogP contribution in [0.4, 0.5) is 5.69 Å². The number of aromatic amines is 1. The molecule has 4 N–H and O–H groups in total. The lowest BCUT2D eigenvalue weighted by Crippen LogP contribution is -2.49. The summed E-state index contributed by atoms with van der Waals surface area (Å²) < 4.78 is 3.65. The van der Waals surface area contributed by atoms with Crippen molar-refractivity contribution in [3.05, 3.63) is 72.3 Å². The van der Waals surface area contributed by atoms with Gasteiger partial charge < -0.3 is 10.3 Å². The third-order valence-corrected chi connectivity index (χ3v) is 5.78. The number of nitrogens with zero attached hydrogens (tertiary/aromatic N) is 5. The van der Waals surface area contributed by atoms with Crippen molar-refractivity contribution in [1.82, 2.24) is 24.3 Å². The van der Waals surface area contributed by atoms with Gasteiger partial charge in [0, 0.05) is 11.6 Å². The van der Waals surface area contributed by atoms with Crippen molar-refractivity contribution in [2.45, 2.75) is 19.5 Å². The molecule has 0 fully saturated rings. The molecule has 5 aromatic rings. The summed E-state index contributed by atoms with van der Waals surface area (Å²) in [6.45, 7) is 3.97. The van der Waals surface area contributed by atoms with Crippen molar-refractivity contribution < 1.29 is 0 Å². The number of rotatable bonds is 3. The van der Waals surface area contributed by atoms with Gasteiger partial charge in [-0.15, -0.1) is 0 Å². The fourth-order valence-electron chi connectivity index (χ4n) is 4.09. The van der Waals surface area contributed by atoms with Gasteiger partial charge in [-0.3, -0.25) is 5.73 Å². The summed E-state index contributed by atoms with van der Waals surface area (Å²) in [5, 5.41) is 12.6. The first kappa shape index (κ1) is 17.0. The highest BCUT2D eigenvalue weighted by Crippen LogP contribution is 2.35. The van der Waals surface area contributed by atoms with Crippen molar-refractivity contribution >= 4 is 28.1 Å². The Labute approximate surface area is 172 Å². The summed E-state index contributed by atoms with van der Waals surface area (Å²) in [5.74, 6) is 0.659. The molecule has 4 heterocycles. The van der Waals surface area contributed by atoms with E-state index in [4.69, 9.17) is 10.7 Å². The minimum Gasteiger partial charge on any atom is -0.354 e. The van der Waals surface area contributed by atoms with E-state index in [0.717, 1.165) is 44.9 Å². The Morgan fingerprint density at radius 3 is 2.73 bits per heavy atom. The standard InChI is InChI=1S/C22H20N8/c1-13-8-9-17-20(26-18-10-11-24-30(17)18)19(13)27-22(23)14(2)28-29-12-16(25-21(22)29)15-6-4-3-5-7-15/h3-12,26-27H,23H2,1-2H3. The van der Waals surface area contributed by atoms with Gasteiger partial charge in [0.05, 0.1) is 40.5 Å². The van der Waals surface area contributed by atoms with Crippen molar-refractivity contribution in [2.75, 3.05) is 5.32 Å². The molecule has 8 nitrogen and oxygen atoms in total. The summed E-state index contributed by atoms with van der Waals surface area (Å²) in [6, 6.07) is 16.1. The number of aryl methyl sites for hydroxylation is 1. The van der Waals surface area contributed by atoms with E-state index in [2.05, 4.69) is 39.6 Å². The Hall–Kier alpha value is -3.91. The lowest BCUT2D eigenvalue weighted by molar-refractivity contribution is 0.646. The second-order valence-corrected chi connectivity index (χ2v) is 7.68. The fraction of sp³-hybridized carbons (Fsp3) is 0.136. The van der Waals surface area contributed by atoms with Crippen molar-refractivity contribution in [3.8, 4) is 11.3 Å². The Kier molecular flexibility index (Phi) is 3.29. The average molecular weight is 396 g/mol. The van der Waals surface area contributed by atoms with E-state index in [1.165, 1.54) is 0 Å². The maximum Gasteiger partial charge on any atom is 0.189 e. The first-order valence-corrected chi connectivity index (χ1v) is 9.78. The predicted octanol–water partition coefficient (Wildman–Crippen LogP) is 3.45. The zero-order valence-electron chi connectivity index (χ0n) is 16.6. The van der Waals surface area contributed by atoms with Crippen LogP contribution in [0.2, 0.25) is 0 Å². The maximum absolute atomic E-state index is 6.91. The molecule has 2 aromatic carbocycles. The zero-order valence-corrected chi connectivity index (χ0v) is 16.6. The van der Waals surface area contributed by atoms with Crippen molar-refractivity contribution in [1.29, 1.82) is 0 Å². The molecular weight excluding hydrogens is 376 g/mol. The number of anilines is 1. The molecule has 0 saturated carbocycles. The number of hydrogen-bond donors (Lipinski definition) is 3. The van der Waals surface area contributed by atoms with Crippen LogP contribution >= 0.6 is 0 Å². The summed E-state index contributed by atoms with van der Waals surface area (Å²) in [6.07, 6.45) is 3.69. The number of benzene rings is 2. The predicted molar refractivity (Wildman–Crippen MR) is 117 cm³/mol. The van der Waals surface area contributed by atoms with Crippen LogP contribution in [0.1, 0.15) is 18.3 Å². The van der Waals surface area contributed by atoms with Crippen molar-refractivity contribution in [3.63, 3.8) is 0 Å². The minimum atomic E-state index is -1.03. The van der Waals surface area contributed by atoms with Crippen LogP contribution in [0.5, 0.6) is 0 Å². The van der Waals surface area contributed by atoms with Gasteiger partial charge in [-0.2, -0.15) is 10.2 Å². The molecule has 30 heavy (non-hydrogen) atoms. The largest absolute Gasteiger partial charge is 0.354 e. The number of nitrogens with two attached hydrogens (primary N) is 1. The Bertz CT molecular complexity index is 1450. The number of hydrogen-bond acceptors (Lipinski definition) is 5. The summed E-state index contributed by atoms with van der Waals surface area (Å²) in [4.78, 5) is 8.28. The fourth-order valence-corrected chi connectivity index (χ4v) is 4.09. The topological polar surface area (TPSA) is 101 Å². The van der Waals surface area contributed by atoms with Gasteiger partial charge in [0.1, 0.15) is 5.65 Å². The molecule has 148 valence electrons.